The van der Waals surface area contributed by atoms with Crippen LogP contribution in [-0.2, 0) is 6.42 Å². The Labute approximate surface area is 466 Å². The zero-order chi connectivity index (χ0) is 52.8. The van der Waals surface area contributed by atoms with E-state index in [9.17, 15) is 0 Å². The van der Waals surface area contributed by atoms with Crippen molar-refractivity contribution >= 4 is 151 Å². The van der Waals surface area contributed by atoms with Gasteiger partial charge in [0, 0.05) is 66.6 Å². The Balaban J connectivity index is 1.14. The number of fused-ring (bicyclic) bond motifs is 14. The molecule has 81 heavy (non-hydrogen) atoms. The predicted octanol–water partition coefficient (Wildman–Crippen LogP) is 17.6. The minimum atomic E-state index is -0.277. The van der Waals surface area contributed by atoms with Gasteiger partial charge in [-0.1, -0.05) is 152 Å². The molecule has 0 amide bonds. The fourth-order valence-corrected chi connectivity index (χ4v) is 15.3. The van der Waals surface area contributed by atoms with Crippen molar-refractivity contribution in [3.8, 4) is 11.4 Å². The largest absolute Gasteiger partial charge is 0.454 e. The summed E-state index contributed by atoms with van der Waals surface area (Å²) in [6.45, 7) is 2.00. The van der Waals surface area contributed by atoms with E-state index in [1.807, 2.05) is 0 Å². The molecular weight excluding hydrogens is 990 g/mol. The van der Waals surface area contributed by atoms with Gasteiger partial charge in [-0.15, -0.1) is 0 Å². The Morgan fingerprint density at radius 1 is 0.420 bits per heavy atom. The van der Waals surface area contributed by atoms with Gasteiger partial charge in [0.1, 0.15) is 22.5 Å². The van der Waals surface area contributed by atoms with Crippen LogP contribution in [0, 0.1) is 6.92 Å². The molecule has 0 saturated heterocycles. The van der Waals surface area contributed by atoms with Crippen molar-refractivity contribution in [1.82, 2.24) is 9.13 Å². The van der Waals surface area contributed by atoms with Crippen LogP contribution >= 0.6 is 0 Å². The maximum atomic E-state index is 7.72. The number of aryl methyl sites for hydroxylation is 1. The smallest absolute Gasteiger partial charge is 0.257 e. The summed E-state index contributed by atoms with van der Waals surface area (Å²) in [4.78, 5) is 7.93. The summed E-state index contributed by atoms with van der Waals surface area (Å²) in [7, 11) is 0. The van der Waals surface area contributed by atoms with E-state index in [-0.39, 0.29) is 6.71 Å². The summed E-state index contributed by atoms with van der Waals surface area (Å²) in [5.41, 5.74) is 26.6. The first-order chi connectivity index (χ1) is 40.2. The summed E-state index contributed by atoms with van der Waals surface area (Å²) in [6, 6.07) is 71.6. The quantitative estimate of drug-likeness (QED) is 0.161. The highest BCUT2D eigenvalue weighted by molar-refractivity contribution is 7.03. The number of hydrogen-bond donors (Lipinski definition) is 0. The second kappa shape index (κ2) is 16.0. The van der Waals surface area contributed by atoms with Gasteiger partial charge in [0.05, 0.1) is 50.1 Å². The van der Waals surface area contributed by atoms with Gasteiger partial charge in [0.25, 0.3) is 6.71 Å². The molecule has 380 valence electrons. The molecule has 3 aliphatic heterocycles. The topological polar surface area (TPSA) is 45.9 Å². The molecule has 10 aromatic carbocycles. The van der Waals surface area contributed by atoms with Crippen molar-refractivity contribution in [3.05, 3.63) is 241 Å². The van der Waals surface area contributed by atoms with Gasteiger partial charge in [0.2, 0.25) is 0 Å². The van der Waals surface area contributed by atoms with Crippen LogP contribution in [0.3, 0.4) is 0 Å². The lowest BCUT2D eigenvalue weighted by Gasteiger charge is -2.51. The lowest BCUT2D eigenvalue weighted by molar-refractivity contribution is 0.665. The SMILES string of the molecule is Cc1cc2c3c(c1)N(c1ccccc1)c1c4c(c(-n5c6ccccc6c6ccccc65)c5oc6ccccc6c15)N(c1ccccc1)c1c(c(c5c(oc6ccccc65)c1-n1c5c(c6ccccc61)C=CCC5)N2C1=CC=CCC1)B34. The molecule has 7 heterocycles. The molecule has 19 rings (SSSR count). The van der Waals surface area contributed by atoms with Crippen LogP contribution in [-0.4, -0.2) is 15.8 Å². The van der Waals surface area contributed by atoms with Crippen LogP contribution in [0.5, 0.6) is 0 Å². The minimum Gasteiger partial charge on any atom is -0.454 e. The fourth-order valence-electron chi connectivity index (χ4n) is 15.3. The van der Waals surface area contributed by atoms with E-state index >= 15 is 0 Å². The Hall–Kier alpha value is -10.2. The summed E-state index contributed by atoms with van der Waals surface area (Å²) >= 11 is 0. The average Bonchev–Trinajstić information content (AvgIpc) is 3.12. The minimum absolute atomic E-state index is 0.277. The van der Waals surface area contributed by atoms with E-state index in [0.29, 0.717) is 0 Å². The normalized spacial score (nSPS) is 14.9. The number of allylic oxidation sites excluding steroid dienone is 5. The maximum absolute atomic E-state index is 7.72. The molecule has 8 heteroatoms. The third kappa shape index (κ3) is 5.58. The lowest BCUT2D eigenvalue weighted by Crippen LogP contribution is -2.65. The van der Waals surface area contributed by atoms with Gasteiger partial charge < -0.3 is 32.7 Å². The highest BCUT2D eigenvalue weighted by Crippen LogP contribution is 2.60. The molecule has 5 aliphatic rings. The number of benzene rings is 10. The first-order valence-electron chi connectivity index (χ1n) is 28.5. The molecule has 0 N–H and O–H groups in total. The van der Waals surface area contributed by atoms with Crippen LogP contribution in [0.15, 0.2) is 233 Å². The molecule has 14 aromatic rings. The van der Waals surface area contributed by atoms with E-state index in [2.05, 4.69) is 255 Å². The molecule has 0 fully saturated rings. The van der Waals surface area contributed by atoms with Gasteiger partial charge in [-0.05, 0) is 127 Å². The molecule has 0 radical (unpaired) electrons. The van der Waals surface area contributed by atoms with Crippen molar-refractivity contribution in [2.24, 2.45) is 0 Å². The van der Waals surface area contributed by atoms with Crippen molar-refractivity contribution in [1.29, 1.82) is 0 Å². The number of anilines is 8. The molecular formula is C73H48BN5O2. The monoisotopic (exact) mass is 1040 g/mol. The van der Waals surface area contributed by atoms with Crippen molar-refractivity contribution in [3.63, 3.8) is 0 Å². The Bertz CT molecular complexity index is 5170. The summed E-state index contributed by atoms with van der Waals surface area (Å²) in [5, 5.41) is 8.01. The van der Waals surface area contributed by atoms with Crippen LogP contribution in [0.1, 0.15) is 36.1 Å². The second-order valence-electron chi connectivity index (χ2n) is 22.5. The van der Waals surface area contributed by atoms with Crippen LogP contribution in [0.2, 0.25) is 0 Å². The number of para-hydroxylation sites is 7. The van der Waals surface area contributed by atoms with Gasteiger partial charge in [0.15, 0.2) is 11.2 Å². The molecule has 0 atom stereocenters. The predicted molar refractivity (Wildman–Crippen MR) is 337 cm³/mol. The Morgan fingerprint density at radius 3 is 1.52 bits per heavy atom. The third-order valence-electron chi connectivity index (χ3n) is 18.3. The molecule has 0 bridgehead atoms. The molecule has 4 aromatic heterocycles. The van der Waals surface area contributed by atoms with Gasteiger partial charge in [-0.3, -0.25) is 0 Å². The van der Waals surface area contributed by atoms with Crippen LogP contribution in [0.4, 0.5) is 45.5 Å². The third-order valence-corrected chi connectivity index (χ3v) is 18.3. The first-order valence-corrected chi connectivity index (χ1v) is 28.5. The summed E-state index contributed by atoms with van der Waals surface area (Å²) in [6.07, 6.45) is 15.3. The molecule has 0 unspecified atom stereocenters. The maximum Gasteiger partial charge on any atom is 0.257 e. The zero-order valence-electron chi connectivity index (χ0n) is 44.3. The first kappa shape index (κ1) is 43.8. The number of nitrogens with zero attached hydrogens (tertiary/aromatic N) is 5. The van der Waals surface area contributed by atoms with Gasteiger partial charge >= 0.3 is 0 Å². The van der Waals surface area contributed by atoms with Gasteiger partial charge in [-0.25, -0.2) is 0 Å². The highest BCUT2D eigenvalue weighted by Gasteiger charge is 2.54. The summed E-state index contributed by atoms with van der Waals surface area (Å²) < 4.78 is 20.6. The van der Waals surface area contributed by atoms with E-state index in [4.69, 9.17) is 8.83 Å². The highest BCUT2D eigenvalue weighted by atomic mass is 16.3. The second-order valence-corrected chi connectivity index (χ2v) is 22.5. The van der Waals surface area contributed by atoms with E-state index in [0.717, 1.165) is 126 Å². The number of hydrogen-bond acceptors (Lipinski definition) is 5. The fraction of sp³-hybridized carbons (Fsp3) is 0.0685. The Morgan fingerprint density at radius 2 is 0.914 bits per heavy atom. The summed E-state index contributed by atoms with van der Waals surface area (Å²) in [5.74, 6) is 0. The van der Waals surface area contributed by atoms with Gasteiger partial charge in [-0.2, -0.15) is 0 Å². The number of furan rings is 2. The molecule has 0 saturated carbocycles. The Kier molecular flexibility index (Phi) is 8.64. The zero-order valence-corrected chi connectivity index (χ0v) is 44.3. The standard InChI is InChI=1S/C73H48BN5O2/c1-43-41-57-63-58(42-43)76(45-25-7-3-8-26-45)67-62-52-34-16-22-40-60(52)81-73(62)71(79-55-37-19-13-31-49(55)50-32-14-20-38-56(50)79)69-65(67)74(63)64-66(75(57)44-23-5-2-6-24-44)61-51-33-15-21-39-59(51)80-72(61)70(68(64)77(69)46-27-9-4-10-28-46)78-53-35-17-11-29-47(53)48-30-12-18-36-54(48)78/h2-7,9-19,21-25,27-37,39-42H,8,20,26,38H2,1H3. The molecule has 7 nitrogen and oxygen atoms in total. The molecule has 0 spiro atoms. The van der Waals surface area contributed by atoms with E-state index in [1.165, 1.54) is 72.1 Å². The number of aromatic nitrogens is 2. The van der Waals surface area contributed by atoms with Crippen LogP contribution in [0.25, 0.3) is 94.0 Å². The number of rotatable bonds is 5. The van der Waals surface area contributed by atoms with Crippen molar-refractivity contribution < 1.29 is 8.83 Å². The van der Waals surface area contributed by atoms with Crippen molar-refractivity contribution in [2.75, 3.05) is 14.7 Å². The molecule has 2 aliphatic carbocycles. The van der Waals surface area contributed by atoms with Crippen molar-refractivity contribution in [2.45, 2.75) is 32.6 Å². The average molecular weight is 1040 g/mol. The van der Waals surface area contributed by atoms with E-state index in [1.54, 1.807) is 0 Å². The lowest BCUT2D eigenvalue weighted by atomic mass is 9.31. The van der Waals surface area contributed by atoms with E-state index < -0.39 is 0 Å². The van der Waals surface area contributed by atoms with Crippen LogP contribution < -0.4 is 31.1 Å².